The number of alkyl carbamates (subject to hydrolysis) is 1. The lowest BCUT2D eigenvalue weighted by Crippen LogP contribution is -2.66. The van der Waals surface area contributed by atoms with Gasteiger partial charge in [0.25, 0.3) is 0 Å². The molecule has 10 unspecified atom stereocenters. The summed E-state index contributed by atoms with van der Waals surface area (Å²) < 4.78 is 11.4. The lowest BCUT2D eigenvalue weighted by Gasteiger charge is -2.73. The molecule has 0 aromatic heterocycles. The molecule has 6 nitrogen and oxygen atoms in total. The van der Waals surface area contributed by atoms with Crippen molar-refractivity contribution in [1.82, 2.24) is 5.32 Å². The molecule has 256 valence electrons. The standard InChI is InChI=1S/C39H65NO5/c1-11-34(4,5)32(42)44-23-22-40-33(43)45-24-39-19-14-26(25(2)3)31(39)27-12-13-29-36(8)17-16-30(41)35(6,7)28(36)15-18-38(29,10)37(27,9)20-21-39/h26-31,41H,2,11-24H2,1,3-10H3,(H,40,43). The molecule has 0 aromatic carbocycles. The molecule has 0 saturated heterocycles. The van der Waals surface area contributed by atoms with Crippen molar-refractivity contribution in [2.24, 2.45) is 62.1 Å². The van der Waals surface area contributed by atoms with Gasteiger partial charge in [0.05, 0.1) is 24.7 Å². The van der Waals surface area contributed by atoms with Crippen molar-refractivity contribution in [2.75, 3.05) is 19.8 Å². The van der Waals surface area contributed by atoms with Crippen LogP contribution in [0.4, 0.5) is 4.79 Å². The molecule has 5 fully saturated rings. The molecule has 5 rings (SSSR count). The Morgan fingerprint density at radius 1 is 0.889 bits per heavy atom. The lowest BCUT2D eigenvalue weighted by molar-refractivity contribution is -0.249. The molecule has 5 aliphatic carbocycles. The fourth-order valence-corrected chi connectivity index (χ4v) is 12.4. The number of carbonyl (C=O) groups is 2. The molecular formula is C39H65NO5. The Balaban J connectivity index is 1.31. The summed E-state index contributed by atoms with van der Waals surface area (Å²) in [4.78, 5) is 25.2. The van der Waals surface area contributed by atoms with Crippen molar-refractivity contribution < 1.29 is 24.2 Å². The average Bonchev–Trinajstić information content (AvgIpc) is 3.37. The quantitative estimate of drug-likeness (QED) is 0.160. The topological polar surface area (TPSA) is 84.9 Å². The van der Waals surface area contributed by atoms with E-state index in [1.165, 1.54) is 37.7 Å². The number of carbonyl (C=O) groups excluding carboxylic acids is 2. The molecule has 2 N–H and O–H groups in total. The van der Waals surface area contributed by atoms with Crippen molar-refractivity contribution in [2.45, 2.75) is 139 Å². The number of hydrogen-bond donors (Lipinski definition) is 2. The van der Waals surface area contributed by atoms with Crippen LogP contribution in [-0.4, -0.2) is 43.0 Å². The first-order valence-corrected chi connectivity index (χ1v) is 18.3. The fourth-order valence-electron chi connectivity index (χ4n) is 12.4. The van der Waals surface area contributed by atoms with Gasteiger partial charge in [0, 0.05) is 5.41 Å². The van der Waals surface area contributed by atoms with Crippen LogP contribution in [-0.2, 0) is 14.3 Å². The smallest absolute Gasteiger partial charge is 0.407 e. The Morgan fingerprint density at radius 3 is 2.27 bits per heavy atom. The average molecular weight is 628 g/mol. The van der Waals surface area contributed by atoms with Gasteiger partial charge in [-0.25, -0.2) is 4.79 Å². The second kappa shape index (κ2) is 11.8. The van der Waals surface area contributed by atoms with Gasteiger partial charge >= 0.3 is 12.1 Å². The number of hydrogen-bond acceptors (Lipinski definition) is 5. The molecule has 0 heterocycles. The number of allylic oxidation sites excluding steroid dienone is 1. The molecule has 5 saturated carbocycles. The van der Waals surface area contributed by atoms with Gasteiger partial charge in [-0.1, -0.05) is 53.7 Å². The molecule has 0 bridgehead atoms. The predicted molar refractivity (Wildman–Crippen MR) is 179 cm³/mol. The van der Waals surface area contributed by atoms with E-state index in [-0.39, 0.29) is 52.3 Å². The first kappa shape index (κ1) is 34.8. The van der Waals surface area contributed by atoms with Crippen molar-refractivity contribution in [1.29, 1.82) is 0 Å². The van der Waals surface area contributed by atoms with E-state index in [0.29, 0.717) is 42.6 Å². The number of ether oxygens (including phenoxy) is 2. The van der Waals surface area contributed by atoms with Crippen molar-refractivity contribution in [3.63, 3.8) is 0 Å². The number of aliphatic hydroxyl groups is 1. The highest BCUT2D eigenvalue weighted by atomic mass is 16.6. The van der Waals surface area contributed by atoms with Crippen LogP contribution in [0.1, 0.15) is 133 Å². The number of rotatable bonds is 8. The van der Waals surface area contributed by atoms with Crippen molar-refractivity contribution in [3.8, 4) is 0 Å². The summed E-state index contributed by atoms with van der Waals surface area (Å²) in [5.74, 6) is 2.54. The number of fused-ring (bicyclic) bond motifs is 7. The van der Waals surface area contributed by atoms with E-state index in [9.17, 15) is 14.7 Å². The third-order valence-electron chi connectivity index (χ3n) is 15.8. The van der Waals surface area contributed by atoms with Crippen LogP contribution in [0.5, 0.6) is 0 Å². The minimum atomic E-state index is -0.519. The van der Waals surface area contributed by atoms with Gasteiger partial charge in [-0.3, -0.25) is 4.79 Å². The molecule has 0 spiro atoms. The van der Waals surface area contributed by atoms with Crippen LogP contribution in [0, 0.1) is 62.1 Å². The molecular weight excluding hydrogens is 562 g/mol. The lowest BCUT2D eigenvalue weighted by atomic mass is 9.32. The summed E-state index contributed by atoms with van der Waals surface area (Å²) in [6, 6.07) is 0. The maximum atomic E-state index is 12.9. The number of esters is 1. The zero-order valence-electron chi connectivity index (χ0n) is 30.2. The van der Waals surface area contributed by atoms with E-state index in [0.717, 1.165) is 32.1 Å². The Labute approximate surface area is 274 Å². The Morgan fingerprint density at radius 2 is 1.60 bits per heavy atom. The van der Waals surface area contributed by atoms with Crippen LogP contribution in [0.3, 0.4) is 0 Å². The summed E-state index contributed by atoms with van der Waals surface area (Å²) >= 11 is 0. The normalized spacial score (nSPS) is 43.6. The minimum absolute atomic E-state index is 0.00993. The second-order valence-corrected chi connectivity index (χ2v) is 18.3. The Kier molecular flexibility index (Phi) is 9.15. The summed E-state index contributed by atoms with van der Waals surface area (Å²) in [5.41, 5.74) is 1.49. The first-order chi connectivity index (χ1) is 20.9. The monoisotopic (exact) mass is 627 g/mol. The van der Waals surface area contributed by atoms with Crippen LogP contribution in [0.25, 0.3) is 0 Å². The summed E-state index contributed by atoms with van der Waals surface area (Å²) in [6.45, 7) is 25.9. The van der Waals surface area contributed by atoms with E-state index in [1.807, 2.05) is 20.8 Å². The largest absolute Gasteiger partial charge is 0.463 e. The van der Waals surface area contributed by atoms with Crippen LogP contribution in [0.15, 0.2) is 12.2 Å². The highest BCUT2D eigenvalue weighted by Crippen LogP contribution is 2.77. The van der Waals surface area contributed by atoms with Gasteiger partial charge in [-0.15, -0.1) is 0 Å². The first-order valence-electron chi connectivity index (χ1n) is 18.3. The van der Waals surface area contributed by atoms with Gasteiger partial charge in [0.2, 0.25) is 0 Å². The van der Waals surface area contributed by atoms with E-state index >= 15 is 0 Å². The number of aliphatic hydroxyl groups excluding tert-OH is 1. The van der Waals surface area contributed by atoms with Gasteiger partial charge in [0.15, 0.2) is 0 Å². The molecule has 6 heteroatoms. The predicted octanol–water partition coefficient (Wildman–Crippen LogP) is 8.71. The third-order valence-corrected chi connectivity index (χ3v) is 15.8. The van der Waals surface area contributed by atoms with Gasteiger partial charge in [-0.05, 0) is 143 Å². The zero-order chi connectivity index (χ0) is 33.2. The van der Waals surface area contributed by atoms with Crippen LogP contribution >= 0.6 is 0 Å². The second-order valence-electron chi connectivity index (χ2n) is 18.3. The van der Waals surface area contributed by atoms with Gasteiger partial charge < -0.3 is 19.9 Å². The summed E-state index contributed by atoms with van der Waals surface area (Å²) in [5, 5.41) is 13.9. The van der Waals surface area contributed by atoms with Gasteiger partial charge in [-0.2, -0.15) is 0 Å². The van der Waals surface area contributed by atoms with Crippen molar-refractivity contribution >= 4 is 12.1 Å². The maximum Gasteiger partial charge on any atom is 0.407 e. The third kappa shape index (κ3) is 5.39. The highest BCUT2D eigenvalue weighted by Gasteiger charge is 2.71. The minimum Gasteiger partial charge on any atom is -0.463 e. The zero-order valence-corrected chi connectivity index (χ0v) is 30.2. The summed E-state index contributed by atoms with van der Waals surface area (Å²) in [7, 11) is 0. The Hall–Kier alpha value is -1.56. The molecule has 0 aliphatic heterocycles. The van der Waals surface area contributed by atoms with E-state index in [2.05, 4.69) is 53.4 Å². The summed E-state index contributed by atoms with van der Waals surface area (Å²) in [6.07, 6.45) is 11.6. The molecule has 45 heavy (non-hydrogen) atoms. The molecule has 0 aromatic rings. The van der Waals surface area contributed by atoms with Gasteiger partial charge in [0.1, 0.15) is 6.61 Å². The van der Waals surface area contributed by atoms with Crippen LogP contribution < -0.4 is 5.32 Å². The molecule has 1 amide bonds. The van der Waals surface area contributed by atoms with E-state index < -0.39 is 11.5 Å². The number of nitrogens with one attached hydrogen (secondary N) is 1. The van der Waals surface area contributed by atoms with E-state index in [4.69, 9.17) is 9.47 Å². The SMILES string of the molecule is C=C(C)C1CCC2(COC(=O)NCCOC(=O)C(C)(C)CC)CCC3(C)C(CCC4C5(C)CCC(O)C(C)(C)C5CCC43C)C12. The molecule has 10 atom stereocenters. The molecule has 5 aliphatic rings. The maximum absolute atomic E-state index is 12.9. The fraction of sp³-hybridized carbons (Fsp3) is 0.897. The highest BCUT2D eigenvalue weighted by molar-refractivity contribution is 5.75. The number of amides is 1. The van der Waals surface area contributed by atoms with Crippen molar-refractivity contribution in [3.05, 3.63) is 12.2 Å². The Bertz CT molecular complexity index is 1160. The van der Waals surface area contributed by atoms with Crippen LogP contribution in [0.2, 0.25) is 0 Å². The van der Waals surface area contributed by atoms with E-state index in [1.54, 1.807) is 0 Å². The molecule has 0 radical (unpaired) electrons.